The van der Waals surface area contributed by atoms with E-state index in [1.807, 2.05) is 18.2 Å². The lowest BCUT2D eigenvalue weighted by Gasteiger charge is -2.26. The molecule has 0 aliphatic carbocycles. The van der Waals surface area contributed by atoms with Crippen LogP contribution in [0.25, 0.3) is 0 Å². The van der Waals surface area contributed by atoms with Gasteiger partial charge in [0.25, 0.3) is 5.91 Å². The molecule has 1 N–H and O–H groups in total. The fourth-order valence-corrected chi connectivity index (χ4v) is 3.19. The highest BCUT2D eigenvalue weighted by molar-refractivity contribution is 6.03. The fraction of sp³-hybridized carbons (Fsp3) is 0.350. The minimum Gasteiger partial charge on any atom is -0.340 e. The Kier molecular flexibility index (Phi) is 5.12. The number of rotatable bonds is 5. The van der Waals surface area contributed by atoms with Gasteiger partial charge in [-0.15, -0.1) is 0 Å². The number of nitrogens with zero attached hydrogens (tertiary/aromatic N) is 2. The van der Waals surface area contributed by atoms with E-state index in [2.05, 4.69) is 30.2 Å². The largest absolute Gasteiger partial charge is 0.340 e. The van der Waals surface area contributed by atoms with Gasteiger partial charge in [0.2, 0.25) is 5.91 Å². The van der Waals surface area contributed by atoms with E-state index in [-0.39, 0.29) is 11.8 Å². The lowest BCUT2D eigenvalue weighted by atomic mass is 10.0. The summed E-state index contributed by atoms with van der Waals surface area (Å²) in [7, 11) is 0. The molecule has 5 nitrogen and oxygen atoms in total. The number of fused-ring (bicyclic) bond motifs is 1. The van der Waals surface area contributed by atoms with Crippen molar-refractivity contribution < 1.29 is 9.59 Å². The summed E-state index contributed by atoms with van der Waals surface area (Å²) >= 11 is 0. The molecule has 5 heteroatoms. The van der Waals surface area contributed by atoms with Gasteiger partial charge in [-0.2, -0.15) is 0 Å². The van der Waals surface area contributed by atoms with E-state index >= 15 is 0 Å². The van der Waals surface area contributed by atoms with E-state index in [9.17, 15) is 9.59 Å². The molecule has 1 aliphatic rings. The molecule has 0 unspecified atom stereocenters. The van der Waals surface area contributed by atoms with Crippen LogP contribution in [0, 0.1) is 5.92 Å². The number of benzene rings is 1. The smallest absolute Gasteiger partial charge is 0.252 e. The van der Waals surface area contributed by atoms with Crippen molar-refractivity contribution >= 4 is 17.5 Å². The summed E-state index contributed by atoms with van der Waals surface area (Å²) in [6, 6.07) is 10.7. The van der Waals surface area contributed by atoms with Crippen molar-refractivity contribution in [2.24, 2.45) is 5.92 Å². The van der Waals surface area contributed by atoms with Gasteiger partial charge in [0, 0.05) is 30.2 Å². The topological polar surface area (TPSA) is 62.3 Å². The Hall–Kier alpha value is -2.69. The molecule has 0 radical (unpaired) electrons. The minimum absolute atomic E-state index is 0.0407. The van der Waals surface area contributed by atoms with Gasteiger partial charge >= 0.3 is 0 Å². The van der Waals surface area contributed by atoms with E-state index in [4.69, 9.17) is 0 Å². The molecule has 1 aromatic heterocycles. The Morgan fingerprint density at radius 1 is 1.16 bits per heavy atom. The maximum absolute atomic E-state index is 13.1. The first-order valence-electron chi connectivity index (χ1n) is 8.66. The first-order valence-corrected chi connectivity index (χ1v) is 8.66. The van der Waals surface area contributed by atoms with Crippen LogP contribution in [0.4, 0.5) is 5.69 Å². The molecule has 2 heterocycles. The zero-order valence-corrected chi connectivity index (χ0v) is 14.6. The van der Waals surface area contributed by atoms with E-state index in [0.29, 0.717) is 24.4 Å². The second-order valence-electron chi connectivity index (χ2n) is 6.76. The van der Waals surface area contributed by atoms with Gasteiger partial charge in [0.05, 0.1) is 0 Å². The Labute approximate surface area is 148 Å². The highest BCUT2D eigenvalue weighted by Crippen LogP contribution is 2.28. The van der Waals surface area contributed by atoms with Crippen LogP contribution in [-0.4, -0.2) is 29.4 Å². The third-order valence-electron chi connectivity index (χ3n) is 4.41. The van der Waals surface area contributed by atoms with Crippen LogP contribution in [0.15, 0.2) is 48.8 Å². The van der Waals surface area contributed by atoms with Crippen molar-refractivity contribution in [3.63, 3.8) is 0 Å². The van der Waals surface area contributed by atoms with E-state index < -0.39 is 6.04 Å². The average Bonchev–Trinajstić information content (AvgIpc) is 3.05. The summed E-state index contributed by atoms with van der Waals surface area (Å²) in [5, 5.41) is 2.91. The van der Waals surface area contributed by atoms with E-state index in [0.717, 1.165) is 12.1 Å². The highest BCUT2D eigenvalue weighted by atomic mass is 16.2. The maximum atomic E-state index is 13.1. The van der Waals surface area contributed by atoms with Crippen molar-refractivity contribution in [3.8, 4) is 0 Å². The van der Waals surface area contributed by atoms with Gasteiger partial charge < -0.3 is 10.2 Å². The van der Waals surface area contributed by atoms with Gasteiger partial charge in [0.1, 0.15) is 6.04 Å². The minimum atomic E-state index is -0.535. The third-order valence-corrected chi connectivity index (χ3v) is 4.41. The fourth-order valence-electron chi connectivity index (χ4n) is 3.19. The van der Waals surface area contributed by atoms with Crippen molar-refractivity contribution in [3.05, 3.63) is 59.9 Å². The molecule has 0 saturated carbocycles. The van der Waals surface area contributed by atoms with Crippen molar-refractivity contribution in [2.45, 2.75) is 32.7 Å². The molecule has 2 amide bonds. The highest BCUT2D eigenvalue weighted by Gasteiger charge is 2.31. The number of pyridine rings is 1. The van der Waals surface area contributed by atoms with Crippen LogP contribution in [0.2, 0.25) is 0 Å². The normalized spacial score (nSPS) is 14.3. The summed E-state index contributed by atoms with van der Waals surface area (Å²) in [6.07, 6.45) is 4.61. The van der Waals surface area contributed by atoms with Crippen molar-refractivity contribution in [1.29, 1.82) is 0 Å². The number of aromatic nitrogens is 1. The molecular formula is C20H23N3O2. The van der Waals surface area contributed by atoms with E-state index in [1.165, 1.54) is 5.56 Å². The molecule has 1 aliphatic heterocycles. The van der Waals surface area contributed by atoms with Crippen LogP contribution in [-0.2, 0) is 11.2 Å². The summed E-state index contributed by atoms with van der Waals surface area (Å²) in [5.41, 5.74) is 2.65. The molecule has 0 fully saturated rings. The Morgan fingerprint density at radius 3 is 2.60 bits per heavy atom. The number of para-hydroxylation sites is 1. The molecule has 2 aromatic rings. The van der Waals surface area contributed by atoms with Crippen LogP contribution >= 0.6 is 0 Å². The standard InChI is InChI=1S/C20H23N3O2/c1-14(2)13-17(22-19(24)16-7-10-21-11-8-16)20(25)23-12-9-15-5-3-4-6-18(15)23/h3-8,10-11,14,17H,9,12-13H2,1-2H3,(H,22,24)/t17-/m0/s1. The second kappa shape index (κ2) is 7.47. The molecule has 1 aromatic carbocycles. The summed E-state index contributed by atoms with van der Waals surface area (Å²) < 4.78 is 0. The number of anilines is 1. The number of carbonyl (C=O) groups is 2. The van der Waals surface area contributed by atoms with Crippen LogP contribution < -0.4 is 10.2 Å². The summed E-state index contributed by atoms with van der Waals surface area (Å²) in [5.74, 6) is 0.0134. The third kappa shape index (κ3) is 3.87. The predicted octanol–water partition coefficient (Wildman–Crippen LogP) is 2.82. The van der Waals surface area contributed by atoms with Gasteiger partial charge in [-0.3, -0.25) is 14.6 Å². The van der Waals surface area contributed by atoms with Crippen molar-refractivity contribution in [1.82, 2.24) is 10.3 Å². The number of nitrogens with one attached hydrogen (secondary N) is 1. The number of hydrogen-bond donors (Lipinski definition) is 1. The maximum Gasteiger partial charge on any atom is 0.252 e. The van der Waals surface area contributed by atoms with Gasteiger partial charge in [-0.25, -0.2) is 0 Å². The second-order valence-corrected chi connectivity index (χ2v) is 6.76. The van der Waals surface area contributed by atoms with Crippen LogP contribution in [0.1, 0.15) is 36.2 Å². The monoisotopic (exact) mass is 337 g/mol. The SMILES string of the molecule is CC(C)C[C@H](NC(=O)c1ccncc1)C(=O)N1CCc2ccccc21. The molecule has 130 valence electrons. The van der Waals surface area contributed by atoms with Gasteiger partial charge in [-0.1, -0.05) is 32.0 Å². The quantitative estimate of drug-likeness (QED) is 0.912. The van der Waals surface area contributed by atoms with Crippen LogP contribution in [0.5, 0.6) is 0 Å². The molecule has 1 atom stereocenters. The summed E-state index contributed by atoms with van der Waals surface area (Å²) in [4.78, 5) is 31.3. The molecule has 0 spiro atoms. The predicted molar refractivity (Wildman–Crippen MR) is 97.4 cm³/mol. The summed E-state index contributed by atoms with van der Waals surface area (Å²) in [6.45, 7) is 4.77. The van der Waals surface area contributed by atoms with E-state index in [1.54, 1.807) is 29.4 Å². The molecule has 0 bridgehead atoms. The Bertz CT molecular complexity index is 759. The lowest BCUT2D eigenvalue weighted by molar-refractivity contribution is -0.120. The van der Waals surface area contributed by atoms with Crippen molar-refractivity contribution in [2.75, 3.05) is 11.4 Å². The van der Waals surface area contributed by atoms with Gasteiger partial charge in [0.15, 0.2) is 0 Å². The molecule has 25 heavy (non-hydrogen) atoms. The first kappa shape index (κ1) is 17.1. The Morgan fingerprint density at radius 2 is 1.88 bits per heavy atom. The number of carbonyl (C=O) groups excluding carboxylic acids is 2. The van der Waals surface area contributed by atoms with Crippen LogP contribution in [0.3, 0.4) is 0 Å². The molecule has 3 rings (SSSR count). The number of amides is 2. The lowest BCUT2D eigenvalue weighted by Crippen LogP contribution is -2.49. The molecular weight excluding hydrogens is 314 g/mol. The zero-order chi connectivity index (χ0) is 17.8. The average molecular weight is 337 g/mol. The number of hydrogen-bond acceptors (Lipinski definition) is 3. The molecule has 0 saturated heterocycles. The van der Waals surface area contributed by atoms with Gasteiger partial charge in [-0.05, 0) is 42.5 Å². The Balaban J connectivity index is 1.79. The zero-order valence-electron chi connectivity index (χ0n) is 14.6. The first-order chi connectivity index (χ1) is 12.1.